The van der Waals surface area contributed by atoms with Gasteiger partial charge in [-0.2, -0.15) is 0 Å². The van der Waals surface area contributed by atoms with Crippen molar-refractivity contribution in [2.75, 3.05) is 5.32 Å². The van der Waals surface area contributed by atoms with Crippen LogP contribution in [-0.4, -0.2) is 16.2 Å². The Bertz CT molecular complexity index is 880. The van der Waals surface area contributed by atoms with Crippen LogP contribution in [0.3, 0.4) is 0 Å². The van der Waals surface area contributed by atoms with Crippen LogP contribution in [0.15, 0.2) is 53.3 Å². The predicted octanol–water partition coefficient (Wildman–Crippen LogP) is 5.01. The molecule has 128 valence electrons. The number of nitrogens with one attached hydrogen (secondary N) is 1. The van der Waals surface area contributed by atoms with Gasteiger partial charge in [0.15, 0.2) is 5.76 Å². The lowest BCUT2D eigenvalue weighted by atomic mass is 10.1. The average molecular weight is 358 g/mol. The molecule has 0 fully saturated rings. The number of ether oxygens (including phenoxy) is 1. The van der Waals surface area contributed by atoms with Crippen LogP contribution >= 0.6 is 11.6 Å². The molecule has 0 aliphatic rings. The smallest absolute Gasteiger partial charge is 0.412 e. The summed E-state index contributed by atoms with van der Waals surface area (Å²) in [4.78, 5) is 16.3. The van der Waals surface area contributed by atoms with Crippen LogP contribution in [-0.2, 0) is 4.74 Å². The first-order valence-electron chi connectivity index (χ1n) is 7.65. The number of carbonyl (C=O) groups is 1. The second-order valence-electron chi connectivity index (χ2n) is 5.40. The summed E-state index contributed by atoms with van der Waals surface area (Å²) in [6, 6.07) is 10.8. The minimum Gasteiger partial charge on any atom is -0.441 e. The number of benzene rings is 1. The molecular weight excluding hydrogens is 342 g/mol. The lowest BCUT2D eigenvalue weighted by molar-refractivity contribution is 0.121. The summed E-state index contributed by atoms with van der Waals surface area (Å²) in [6.45, 7) is 3.47. The van der Waals surface area contributed by atoms with Gasteiger partial charge in [-0.05, 0) is 26.0 Å². The van der Waals surface area contributed by atoms with E-state index in [0.717, 1.165) is 5.56 Å². The molecule has 0 unspecified atom stereocenters. The van der Waals surface area contributed by atoms with Crippen LogP contribution in [0.25, 0.3) is 11.3 Å². The van der Waals surface area contributed by atoms with Crippen LogP contribution in [0.1, 0.15) is 24.4 Å². The Kier molecular flexibility index (Phi) is 5.00. The minimum absolute atomic E-state index is 0.427. The lowest BCUT2D eigenvalue weighted by Crippen LogP contribution is -2.16. The standard InChI is InChI=1S/C18H16ClN3O3/c1-11(13-6-5-9-20-10-13)24-18(23)21-16-12(2)25-22-17(16)14-7-3-4-8-15(14)19/h3-11H,1-2H3,(H,21,23)/t11-/m0/s1. The van der Waals surface area contributed by atoms with E-state index in [0.29, 0.717) is 27.7 Å². The van der Waals surface area contributed by atoms with Crippen LogP contribution in [0.4, 0.5) is 10.5 Å². The molecule has 0 aliphatic carbocycles. The maximum Gasteiger partial charge on any atom is 0.412 e. The van der Waals surface area contributed by atoms with Crippen LogP contribution < -0.4 is 5.32 Å². The van der Waals surface area contributed by atoms with Gasteiger partial charge in [-0.15, -0.1) is 0 Å². The third-order valence-corrected chi connectivity index (χ3v) is 3.99. The van der Waals surface area contributed by atoms with E-state index in [1.807, 2.05) is 18.2 Å². The highest BCUT2D eigenvalue weighted by atomic mass is 35.5. The van der Waals surface area contributed by atoms with Crippen LogP contribution in [0.2, 0.25) is 5.02 Å². The van der Waals surface area contributed by atoms with Crippen molar-refractivity contribution < 1.29 is 14.1 Å². The Morgan fingerprint density at radius 1 is 1.28 bits per heavy atom. The van der Waals surface area contributed by atoms with Gasteiger partial charge in [0.2, 0.25) is 0 Å². The highest BCUT2D eigenvalue weighted by molar-refractivity contribution is 6.33. The molecule has 2 heterocycles. The SMILES string of the molecule is Cc1onc(-c2ccccc2Cl)c1NC(=O)O[C@@H](C)c1cccnc1. The van der Waals surface area contributed by atoms with Gasteiger partial charge in [0, 0.05) is 23.5 Å². The molecule has 1 amide bonds. The molecule has 0 spiro atoms. The van der Waals surface area contributed by atoms with E-state index < -0.39 is 12.2 Å². The maximum atomic E-state index is 12.3. The molecule has 25 heavy (non-hydrogen) atoms. The molecular formula is C18H16ClN3O3. The number of aromatic nitrogens is 2. The van der Waals surface area contributed by atoms with Gasteiger partial charge in [-0.1, -0.05) is 41.0 Å². The summed E-state index contributed by atoms with van der Waals surface area (Å²) in [5.74, 6) is 0.459. The fraction of sp³-hybridized carbons (Fsp3) is 0.167. The van der Waals surface area contributed by atoms with Crippen molar-refractivity contribution >= 4 is 23.4 Å². The largest absolute Gasteiger partial charge is 0.441 e. The Hall–Kier alpha value is -2.86. The topological polar surface area (TPSA) is 77.2 Å². The van der Waals surface area contributed by atoms with Crippen molar-refractivity contribution in [2.45, 2.75) is 20.0 Å². The van der Waals surface area contributed by atoms with Crippen molar-refractivity contribution in [1.29, 1.82) is 0 Å². The molecule has 0 saturated heterocycles. The van der Waals surface area contributed by atoms with Crippen molar-refractivity contribution in [3.8, 4) is 11.3 Å². The first kappa shape index (κ1) is 17.0. The Morgan fingerprint density at radius 2 is 2.08 bits per heavy atom. The first-order valence-corrected chi connectivity index (χ1v) is 8.02. The van der Waals surface area contributed by atoms with Crippen molar-refractivity contribution in [1.82, 2.24) is 10.1 Å². The van der Waals surface area contributed by atoms with Crippen molar-refractivity contribution in [3.05, 3.63) is 65.1 Å². The third kappa shape index (κ3) is 3.80. The number of amides is 1. The number of hydrogen-bond acceptors (Lipinski definition) is 5. The summed E-state index contributed by atoms with van der Waals surface area (Å²) < 4.78 is 10.6. The van der Waals surface area contributed by atoms with Crippen molar-refractivity contribution in [3.63, 3.8) is 0 Å². The van der Waals surface area contributed by atoms with Gasteiger partial charge in [0.05, 0.1) is 5.02 Å². The number of nitrogens with zero attached hydrogens (tertiary/aromatic N) is 2. The van der Waals surface area contributed by atoms with Crippen molar-refractivity contribution in [2.24, 2.45) is 0 Å². The van der Waals surface area contributed by atoms with Gasteiger partial charge < -0.3 is 9.26 Å². The maximum absolute atomic E-state index is 12.3. The predicted molar refractivity (Wildman–Crippen MR) is 94.4 cm³/mol. The molecule has 6 nitrogen and oxygen atoms in total. The molecule has 3 rings (SSSR count). The summed E-state index contributed by atoms with van der Waals surface area (Å²) >= 11 is 6.21. The molecule has 7 heteroatoms. The highest BCUT2D eigenvalue weighted by Gasteiger charge is 2.20. The van der Waals surface area contributed by atoms with Crippen LogP contribution in [0.5, 0.6) is 0 Å². The molecule has 0 bridgehead atoms. The molecule has 2 aromatic heterocycles. The molecule has 1 N–H and O–H groups in total. The summed E-state index contributed by atoms with van der Waals surface area (Å²) in [6.07, 6.45) is 2.25. The Labute approximate surface area is 149 Å². The highest BCUT2D eigenvalue weighted by Crippen LogP contribution is 2.34. The number of pyridine rings is 1. The molecule has 3 aromatic rings. The number of aryl methyl sites for hydroxylation is 1. The molecule has 0 saturated carbocycles. The third-order valence-electron chi connectivity index (χ3n) is 3.66. The fourth-order valence-corrected chi connectivity index (χ4v) is 2.56. The van der Waals surface area contributed by atoms with Gasteiger partial charge in [0.1, 0.15) is 17.5 Å². The van der Waals surface area contributed by atoms with Crippen LogP contribution in [0, 0.1) is 6.92 Å². The van der Waals surface area contributed by atoms with Gasteiger partial charge in [0.25, 0.3) is 0 Å². The average Bonchev–Trinajstić information content (AvgIpc) is 2.96. The first-order chi connectivity index (χ1) is 12.1. The normalized spacial score (nSPS) is 11.8. The quantitative estimate of drug-likeness (QED) is 0.710. The van der Waals surface area contributed by atoms with Gasteiger partial charge >= 0.3 is 6.09 Å². The fourth-order valence-electron chi connectivity index (χ4n) is 2.33. The zero-order valence-corrected chi connectivity index (χ0v) is 14.4. The molecule has 1 aromatic carbocycles. The monoisotopic (exact) mass is 357 g/mol. The molecule has 0 radical (unpaired) electrons. The Balaban J connectivity index is 1.78. The summed E-state index contributed by atoms with van der Waals surface area (Å²) in [5.41, 5.74) is 2.34. The van der Waals surface area contributed by atoms with E-state index in [1.54, 1.807) is 44.4 Å². The summed E-state index contributed by atoms with van der Waals surface area (Å²) in [5, 5.41) is 7.20. The zero-order chi connectivity index (χ0) is 17.8. The second kappa shape index (κ2) is 7.36. The summed E-state index contributed by atoms with van der Waals surface area (Å²) in [7, 11) is 0. The number of anilines is 1. The van der Waals surface area contributed by atoms with E-state index in [9.17, 15) is 4.79 Å². The minimum atomic E-state index is -0.615. The zero-order valence-electron chi connectivity index (χ0n) is 13.7. The van der Waals surface area contributed by atoms with Gasteiger partial charge in [-0.3, -0.25) is 10.3 Å². The molecule has 1 atom stereocenters. The number of halogens is 1. The van der Waals surface area contributed by atoms with E-state index in [4.69, 9.17) is 20.9 Å². The number of hydrogen-bond donors (Lipinski definition) is 1. The molecule has 0 aliphatic heterocycles. The number of carbonyl (C=O) groups excluding carboxylic acids is 1. The van der Waals surface area contributed by atoms with E-state index in [2.05, 4.69) is 15.5 Å². The number of rotatable bonds is 4. The Morgan fingerprint density at radius 3 is 2.80 bits per heavy atom. The van der Waals surface area contributed by atoms with E-state index in [1.165, 1.54) is 0 Å². The lowest BCUT2D eigenvalue weighted by Gasteiger charge is -2.14. The van der Waals surface area contributed by atoms with E-state index in [-0.39, 0.29) is 0 Å². The van der Waals surface area contributed by atoms with Gasteiger partial charge in [-0.25, -0.2) is 4.79 Å². The second-order valence-corrected chi connectivity index (χ2v) is 5.81. The van der Waals surface area contributed by atoms with E-state index >= 15 is 0 Å².